The van der Waals surface area contributed by atoms with Gasteiger partial charge in [-0.05, 0) is 37.2 Å². The number of allylic oxidation sites excluding steroid dienone is 1. The zero-order valence-electron chi connectivity index (χ0n) is 20.6. The highest BCUT2D eigenvalue weighted by Crippen LogP contribution is 2.26. The SMILES string of the molecule is CO[C@H](C)C(=O)N(CC(C)C)NC(=O)[C@H](CC(C)C)[C@H](C/C=C/c1ccccc1)C(=O)NO. The van der Waals surface area contributed by atoms with Crippen LogP contribution in [0.2, 0.25) is 0 Å². The van der Waals surface area contributed by atoms with Gasteiger partial charge in [0.15, 0.2) is 0 Å². The Morgan fingerprint density at radius 1 is 1.00 bits per heavy atom. The van der Waals surface area contributed by atoms with Crippen LogP contribution >= 0.6 is 0 Å². The Morgan fingerprint density at radius 3 is 2.15 bits per heavy atom. The Morgan fingerprint density at radius 2 is 1.64 bits per heavy atom. The van der Waals surface area contributed by atoms with Crippen molar-refractivity contribution in [2.24, 2.45) is 23.7 Å². The van der Waals surface area contributed by atoms with Crippen LogP contribution in [0.1, 0.15) is 53.0 Å². The third-order valence-corrected chi connectivity index (χ3v) is 5.25. The number of rotatable bonds is 12. The van der Waals surface area contributed by atoms with E-state index in [1.807, 2.05) is 70.2 Å². The molecule has 0 aliphatic rings. The Hall–Kier alpha value is -2.71. The van der Waals surface area contributed by atoms with Crippen molar-refractivity contribution < 1.29 is 24.3 Å². The lowest BCUT2D eigenvalue weighted by atomic mass is 9.82. The molecule has 0 fully saturated rings. The number of hydrogen-bond donors (Lipinski definition) is 3. The van der Waals surface area contributed by atoms with Crippen molar-refractivity contribution in [3.05, 3.63) is 42.0 Å². The minimum Gasteiger partial charge on any atom is -0.372 e. The van der Waals surface area contributed by atoms with E-state index < -0.39 is 29.8 Å². The minimum absolute atomic E-state index is 0.104. The van der Waals surface area contributed by atoms with E-state index in [1.165, 1.54) is 12.1 Å². The molecule has 3 atom stereocenters. The van der Waals surface area contributed by atoms with Crippen molar-refractivity contribution in [1.29, 1.82) is 0 Å². The number of carbonyl (C=O) groups excluding carboxylic acids is 3. The molecule has 0 saturated heterocycles. The van der Waals surface area contributed by atoms with E-state index in [-0.39, 0.29) is 24.2 Å². The second-order valence-corrected chi connectivity index (χ2v) is 9.06. The number of carbonyl (C=O) groups is 3. The van der Waals surface area contributed by atoms with Gasteiger partial charge in [-0.2, -0.15) is 0 Å². The van der Waals surface area contributed by atoms with Gasteiger partial charge < -0.3 is 4.74 Å². The fourth-order valence-electron chi connectivity index (χ4n) is 3.51. The summed E-state index contributed by atoms with van der Waals surface area (Å²) in [5.74, 6) is -2.79. The lowest BCUT2D eigenvalue weighted by Crippen LogP contribution is -2.54. The predicted molar refractivity (Wildman–Crippen MR) is 128 cm³/mol. The fraction of sp³-hybridized carbons (Fsp3) is 0.560. The van der Waals surface area contributed by atoms with Gasteiger partial charge in [0.1, 0.15) is 6.10 Å². The van der Waals surface area contributed by atoms with Gasteiger partial charge in [0.25, 0.3) is 5.91 Å². The second-order valence-electron chi connectivity index (χ2n) is 9.06. The summed E-state index contributed by atoms with van der Waals surface area (Å²) >= 11 is 0. The molecule has 0 saturated carbocycles. The molecule has 0 spiro atoms. The Labute approximate surface area is 197 Å². The smallest absolute Gasteiger partial charge is 0.269 e. The van der Waals surface area contributed by atoms with Crippen LogP contribution < -0.4 is 10.9 Å². The number of nitrogens with zero attached hydrogens (tertiary/aromatic N) is 1. The summed E-state index contributed by atoms with van der Waals surface area (Å²) in [4.78, 5) is 38.6. The number of amides is 3. The first-order chi connectivity index (χ1) is 15.6. The summed E-state index contributed by atoms with van der Waals surface area (Å²) in [6.45, 7) is 9.70. The maximum atomic E-state index is 13.3. The molecular weight excluding hydrogens is 422 g/mol. The first-order valence-electron chi connectivity index (χ1n) is 11.4. The van der Waals surface area contributed by atoms with E-state index in [0.717, 1.165) is 5.56 Å². The van der Waals surface area contributed by atoms with Crippen LogP contribution in [0.3, 0.4) is 0 Å². The normalized spacial score (nSPS) is 14.2. The van der Waals surface area contributed by atoms with Crippen molar-refractivity contribution in [3.63, 3.8) is 0 Å². The molecule has 0 aliphatic carbocycles. The van der Waals surface area contributed by atoms with Crippen LogP contribution in [-0.4, -0.2) is 47.7 Å². The van der Waals surface area contributed by atoms with Gasteiger partial charge >= 0.3 is 0 Å². The Kier molecular flexibility index (Phi) is 12.4. The number of methoxy groups -OCH3 is 1. The molecule has 1 aromatic rings. The van der Waals surface area contributed by atoms with Crippen molar-refractivity contribution in [1.82, 2.24) is 15.9 Å². The third-order valence-electron chi connectivity index (χ3n) is 5.25. The average molecular weight is 462 g/mol. The van der Waals surface area contributed by atoms with Gasteiger partial charge in [-0.15, -0.1) is 0 Å². The quantitative estimate of drug-likeness (QED) is 0.326. The van der Waals surface area contributed by atoms with Crippen molar-refractivity contribution in [3.8, 4) is 0 Å². The van der Waals surface area contributed by atoms with E-state index in [4.69, 9.17) is 4.74 Å². The standard InChI is InChI=1S/C25H39N3O5/c1-17(2)15-22(23(29)26-28(16-18(3)4)25(31)19(5)33-6)21(24(30)27-32)14-10-13-20-11-8-7-9-12-20/h7-13,17-19,21-22,32H,14-16H2,1-6H3,(H,26,29)(H,27,30)/b13-10+/t19-,21+,22-/m1/s1. The number of hydrogen-bond acceptors (Lipinski definition) is 5. The zero-order valence-corrected chi connectivity index (χ0v) is 20.6. The highest BCUT2D eigenvalue weighted by Gasteiger charge is 2.35. The first kappa shape index (κ1) is 28.3. The summed E-state index contributed by atoms with van der Waals surface area (Å²) in [6.07, 6.45) is 3.63. The minimum atomic E-state index is -0.812. The van der Waals surface area contributed by atoms with Crippen LogP contribution in [0.15, 0.2) is 36.4 Å². The van der Waals surface area contributed by atoms with Gasteiger partial charge in [0, 0.05) is 13.7 Å². The molecule has 3 amide bonds. The second kappa shape index (κ2) is 14.4. The van der Waals surface area contributed by atoms with E-state index in [1.54, 1.807) is 12.4 Å². The molecule has 1 rings (SSSR count). The summed E-state index contributed by atoms with van der Waals surface area (Å²) in [5.41, 5.74) is 5.39. The number of hydroxylamine groups is 1. The maximum absolute atomic E-state index is 13.3. The summed E-state index contributed by atoms with van der Waals surface area (Å²) < 4.78 is 5.13. The molecule has 184 valence electrons. The van der Waals surface area contributed by atoms with Crippen LogP contribution in [0.25, 0.3) is 6.08 Å². The average Bonchev–Trinajstić information content (AvgIpc) is 2.78. The number of hydrazine groups is 1. The van der Waals surface area contributed by atoms with Gasteiger partial charge in [-0.3, -0.25) is 30.0 Å². The monoisotopic (exact) mass is 461 g/mol. The molecule has 0 unspecified atom stereocenters. The van der Waals surface area contributed by atoms with E-state index in [0.29, 0.717) is 13.0 Å². The van der Waals surface area contributed by atoms with Crippen molar-refractivity contribution >= 4 is 23.8 Å². The number of ether oxygens (including phenoxy) is 1. The molecule has 33 heavy (non-hydrogen) atoms. The van der Waals surface area contributed by atoms with E-state index >= 15 is 0 Å². The maximum Gasteiger partial charge on any atom is 0.269 e. The highest BCUT2D eigenvalue weighted by atomic mass is 16.5. The van der Waals surface area contributed by atoms with Crippen LogP contribution in [0, 0.1) is 23.7 Å². The summed E-state index contributed by atoms with van der Waals surface area (Å²) in [6, 6.07) is 9.60. The van der Waals surface area contributed by atoms with Crippen LogP contribution in [0.4, 0.5) is 0 Å². The van der Waals surface area contributed by atoms with E-state index in [2.05, 4.69) is 5.43 Å². The molecule has 1 aromatic carbocycles. The summed E-state index contributed by atoms with van der Waals surface area (Å²) in [5, 5.41) is 10.6. The third kappa shape index (κ3) is 9.75. The van der Waals surface area contributed by atoms with Crippen molar-refractivity contribution in [2.75, 3.05) is 13.7 Å². The molecule has 0 aromatic heterocycles. The molecule has 3 N–H and O–H groups in total. The van der Waals surface area contributed by atoms with Crippen LogP contribution in [0.5, 0.6) is 0 Å². The molecule has 0 aliphatic heterocycles. The molecule has 8 nitrogen and oxygen atoms in total. The van der Waals surface area contributed by atoms with Crippen molar-refractivity contribution in [2.45, 2.75) is 53.6 Å². The lowest BCUT2D eigenvalue weighted by Gasteiger charge is -2.31. The van der Waals surface area contributed by atoms with Crippen LogP contribution in [-0.2, 0) is 19.1 Å². The zero-order chi connectivity index (χ0) is 25.0. The largest absolute Gasteiger partial charge is 0.372 e. The van der Waals surface area contributed by atoms with E-state index in [9.17, 15) is 19.6 Å². The molecule has 0 radical (unpaired) electrons. The predicted octanol–water partition coefficient (Wildman–Crippen LogP) is 3.42. The molecule has 8 heteroatoms. The Balaban J connectivity index is 3.15. The molecular formula is C25H39N3O5. The highest BCUT2D eigenvalue weighted by molar-refractivity contribution is 5.89. The van der Waals surface area contributed by atoms with Gasteiger partial charge in [-0.25, -0.2) is 5.48 Å². The molecule has 0 bridgehead atoms. The fourth-order valence-corrected chi connectivity index (χ4v) is 3.51. The first-order valence-corrected chi connectivity index (χ1v) is 11.4. The van der Waals surface area contributed by atoms with Gasteiger partial charge in [-0.1, -0.05) is 70.2 Å². The lowest BCUT2D eigenvalue weighted by molar-refractivity contribution is -0.152. The Bertz CT molecular complexity index is 780. The number of nitrogens with one attached hydrogen (secondary N) is 2. The molecule has 0 heterocycles. The van der Waals surface area contributed by atoms with Gasteiger partial charge in [0.05, 0.1) is 11.8 Å². The summed E-state index contributed by atoms with van der Waals surface area (Å²) in [7, 11) is 1.43. The topological polar surface area (TPSA) is 108 Å². The number of benzene rings is 1. The van der Waals surface area contributed by atoms with Gasteiger partial charge in [0.2, 0.25) is 11.8 Å².